The van der Waals surface area contributed by atoms with Crippen LogP contribution in [0.3, 0.4) is 0 Å². The summed E-state index contributed by atoms with van der Waals surface area (Å²) in [6.45, 7) is 4.35. The number of halogens is 1. The Morgan fingerprint density at radius 1 is 1.78 bits per heavy atom. The van der Waals surface area contributed by atoms with E-state index in [9.17, 15) is 0 Å². The lowest BCUT2D eigenvalue weighted by Gasteiger charge is -1.88. The summed E-state index contributed by atoms with van der Waals surface area (Å²) >= 11 is 7.52. The van der Waals surface area contributed by atoms with Crippen molar-refractivity contribution in [2.75, 3.05) is 5.33 Å². The van der Waals surface area contributed by atoms with E-state index in [1.165, 1.54) is 0 Å². The summed E-state index contributed by atoms with van der Waals surface area (Å²) < 4.78 is 0. The van der Waals surface area contributed by atoms with Crippen LogP contribution in [0, 0.1) is 5.92 Å². The highest BCUT2D eigenvalue weighted by Gasteiger charge is 1.81. The van der Waals surface area contributed by atoms with Crippen LogP contribution in [0.25, 0.3) is 0 Å². The molecule has 56 valence electrons. The quantitative estimate of drug-likeness (QED) is 0.493. The fraction of sp³-hybridized carbons (Fsp3) is 0.800. The van der Waals surface area contributed by atoms with Gasteiger partial charge in [0.1, 0.15) is 0 Å². The Kier molecular flexibility index (Phi) is 11.2. The van der Waals surface area contributed by atoms with Gasteiger partial charge in [-0.1, -0.05) is 29.8 Å². The van der Waals surface area contributed by atoms with E-state index in [2.05, 4.69) is 47.7 Å². The van der Waals surface area contributed by atoms with Crippen molar-refractivity contribution in [2.24, 2.45) is 11.7 Å². The molecular formula is C5H14BrN2S+. The smallest absolute Gasteiger partial charge is 0.262 e. The maximum absolute atomic E-state index is 4.73. The number of nitrogens with two attached hydrogens (primary N) is 1. The molecular weight excluding hydrogens is 200 g/mol. The van der Waals surface area contributed by atoms with Crippen LogP contribution in [0.1, 0.15) is 13.8 Å². The fourth-order valence-corrected chi connectivity index (χ4v) is 0. The van der Waals surface area contributed by atoms with E-state index in [4.69, 9.17) is 5.73 Å². The van der Waals surface area contributed by atoms with Gasteiger partial charge in [-0.3, -0.25) is 0 Å². The highest BCUT2D eigenvalue weighted by atomic mass is 79.9. The molecule has 0 spiro atoms. The van der Waals surface area contributed by atoms with Crippen LogP contribution >= 0.6 is 28.1 Å². The van der Waals surface area contributed by atoms with Crippen LogP contribution in [0.2, 0.25) is 0 Å². The fourth-order valence-electron chi connectivity index (χ4n) is 0. The third-order valence-electron chi connectivity index (χ3n) is 0.309. The SMILES string of the molecule is CC(C)CBr.NC([NH3+])=S. The average molecular weight is 214 g/mol. The van der Waals surface area contributed by atoms with Crippen molar-refractivity contribution >= 4 is 33.3 Å². The molecule has 0 aliphatic rings. The summed E-state index contributed by atoms with van der Waals surface area (Å²) in [6.07, 6.45) is 0. The van der Waals surface area contributed by atoms with E-state index < -0.39 is 0 Å². The van der Waals surface area contributed by atoms with Crippen LogP contribution in [-0.2, 0) is 0 Å². The minimum Gasteiger partial charge on any atom is -0.345 e. The Labute approximate surface area is 70.1 Å². The zero-order valence-electron chi connectivity index (χ0n) is 5.86. The predicted molar refractivity (Wildman–Crippen MR) is 48.3 cm³/mol. The molecule has 5 N–H and O–H groups in total. The molecule has 0 radical (unpaired) electrons. The Morgan fingerprint density at radius 2 is 1.89 bits per heavy atom. The Balaban J connectivity index is 0. The second-order valence-corrected chi connectivity index (χ2v) is 3.19. The van der Waals surface area contributed by atoms with Crippen LogP contribution in [0.5, 0.6) is 0 Å². The molecule has 0 bridgehead atoms. The molecule has 2 nitrogen and oxygen atoms in total. The third kappa shape index (κ3) is 61.5. The molecule has 0 aromatic heterocycles. The molecule has 9 heavy (non-hydrogen) atoms. The maximum Gasteiger partial charge on any atom is 0.262 e. The van der Waals surface area contributed by atoms with Gasteiger partial charge in [-0.25, -0.2) is 0 Å². The van der Waals surface area contributed by atoms with Crippen LogP contribution in [0.4, 0.5) is 0 Å². The lowest BCUT2D eigenvalue weighted by atomic mass is 10.3. The van der Waals surface area contributed by atoms with Gasteiger partial charge < -0.3 is 11.5 Å². The lowest BCUT2D eigenvalue weighted by molar-refractivity contribution is -0.210. The molecule has 0 atom stereocenters. The summed E-state index contributed by atoms with van der Waals surface area (Å²) in [5, 5.41) is 1.37. The first-order chi connectivity index (χ1) is 4.00. The molecule has 0 saturated heterocycles. The van der Waals surface area contributed by atoms with Crippen molar-refractivity contribution in [1.29, 1.82) is 0 Å². The van der Waals surface area contributed by atoms with Crippen LogP contribution in [0.15, 0.2) is 0 Å². The van der Waals surface area contributed by atoms with Crippen molar-refractivity contribution in [2.45, 2.75) is 13.8 Å². The number of alkyl halides is 1. The molecule has 0 aromatic carbocycles. The molecule has 0 heterocycles. The van der Waals surface area contributed by atoms with Gasteiger partial charge in [-0.15, -0.1) is 0 Å². The molecule has 0 unspecified atom stereocenters. The first-order valence-electron chi connectivity index (χ1n) is 2.68. The van der Waals surface area contributed by atoms with E-state index in [-0.39, 0.29) is 5.11 Å². The van der Waals surface area contributed by atoms with E-state index in [1.807, 2.05) is 0 Å². The summed E-state index contributed by atoms with van der Waals surface area (Å²) in [7, 11) is 0. The number of thiocarbonyl (C=S) groups is 1. The zero-order valence-corrected chi connectivity index (χ0v) is 8.26. The van der Waals surface area contributed by atoms with Gasteiger partial charge in [0.15, 0.2) is 0 Å². The maximum atomic E-state index is 4.73. The molecule has 4 heteroatoms. The Hall–Kier alpha value is 0.330. The number of hydrogen-bond acceptors (Lipinski definition) is 1. The van der Waals surface area contributed by atoms with Crippen LogP contribution in [-0.4, -0.2) is 10.4 Å². The van der Waals surface area contributed by atoms with Crippen molar-refractivity contribution in [3.8, 4) is 0 Å². The minimum atomic E-state index is 0.250. The molecule has 0 saturated carbocycles. The van der Waals surface area contributed by atoms with Crippen LogP contribution < -0.4 is 11.5 Å². The standard InChI is InChI=1S/C4H9Br.CH4N2S/c1-4(2)3-5;2-1(3)4/h4H,3H2,1-2H3;(H4,2,3,4)/p+1. The first-order valence-corrected chi connectivity index (χ1v) is 4.21. The van der Waals surface area contributed by atoms with Gasteiger partial charge in [0.05, 0.1) is 0 Å². The second-order valence-electron chi connectivity index (χ2n) is 2.01. The summed E-state index contributed by atoms with van der Waals surface area (Å²) in [5.41, 5.74) is 7.88. The number of rotatable bonds is 1. The van der Waals surface area contributed by atoms with Crippen molar-refractivity contribution < 1.29 is 5.73 Å². The number of hydrogen-bond donors (Lipinski definition) is 2. The molecule has 0 aliphatic carbocycles. The van der Waals surface area contributed by atoms with Crippen molar-refractivity contribution in [3.63, 3.8) is 0 Å². The third-order valence-corrected chi connectivity index (χ3v) is 1.60. The summed E-state index contributed by atoms with van der Waals surface area (Å²) in [6, 6.07) is 0. The first kappa shape index (κ1) is 12.0. The van der Waals surface area contributed by atoms with E-state index >= 15 is 0 Å². The number of quaternary nitrogens is 1. The summed E-state index contributed by atoms with van der Waals surface area (Å²) in [4.78, 5) is 0. The minimum absolute atomic E-state index is 0.250. The monoisotopic (exact) mass is 213 g/mol. The lowest BCUT2D eigenvalue weighted by Crippen LogP contribution is -2.60. The Morgan fingerprint density at radius 3 is 1.89 bits per heavy atom. The van der Waals surface area contributed by atoms with E-state index in [0.29, 0.717) is 0 Å². The van der Waals surface area contributed by atoms with Gasteiger partial charge in [-0.05, 0) is 5.92 Å². The molecule has 0 aromatic rings. The second kappa shape index (κ2) is 8.33. The predicted octanol–water partition coefficient (Wildman–Crippen LogP) is 0.509. The Bertz CT molecular complexity index is 71.4. The van der Waals surface area contributed by atoms with Gasteiger partial charge in [0.25, 0.3) is 5.11 Å². The molecule has 0 rings (SSSR count). The van der Waals surface area contributed by atoms with E-state index in [0.717, 1.165) is 11.2 Å². The van der Waals surface area contributed by atoms with Gasteiger partial charge in [0.2, 0.25) is 0 Å². The topological polar surface area (TPSA) is 53.7 Å². The van der Waals surface area contributed by atoms with Gasteiger partial charge in [0, 0.05) is 17.5 Å². The van der Waals surface area contributed by atoms with Gasteiger partial charge >= 0.3 is 0 Å². The average Bonchev–Trinajstić information content (AvgIpc) is 1.65. The van der Waals surface area contributed by atoms with Crippen molar-refractivity contribution in [1.82, 2.24) is 0 Å². The molecule has 0 amide bonds. The molecule has 0 fully saturated rings. The largest absolute Gasteiger partial charge is 0.345 e. The highest BCUT2D eigenvalue weighted by molar-refractivity contribution is 9.09. The summed E-state index contributed by atoms with van der Waals surface area (Å²) in [5.74, 6) is 0.801. The molecule has 0 aliphatic heterocycles. The highest BCUT2D eigenvalue weighted by Crippen LogP contribution is 1.94. The zero-order chi connectivity index (χ0) is 7.86. The van der Waals surface area contributed by atoms with E-state index in [1.54, 1.807) is 0 Å². The van der Waals surface area contributed by atoms with Crippen molar-refractivity contribution in [3.05, 3.63) is 0 Å². The van der Waals surface area contributed by atoms with Gasteiger partial charge in [-0.2, -0.15) is 0 Å². The normalized spacial score (nSPS) is 8.11.